The van der Waals surface area contributed by atoms with Crippen LogP contribution in [0.3, 0.4) is 0 Å². The molecule has 0 saturated heterocycles. The molecule has 0 spiro atoms. The molecule has 1 aliphatic rings. The van der Waals surface area contributed by atoms with E-state index in [0.29, 0.717) is 5.75 Å². The van der Waals surface area contributed by atoms with Crippen molar-refractivity contribution in [1.82, 2.24) is 10.0 Å². The Hall–Kier alpha value is -2.13. The van der Waals surface area contributed by atoms with Crippen molar-refractivity contribution < 1.29 is 27.9 Å². The second kappa shape index (κ2) is 8.50. The number of carboxylic acid groups (broad SMARTS) is 1. The number of rotatable bonds is 10. The second-order valence-electron chi connectivity index (χ2n) is 6.74. The van der Waals surface area contributed by atoms with Crippen LogP contribution in [0.4, 0.5) is 0 Å². The fourth-order valence-corrected chi connectivity index (χ4v) is 3.49. The van der Waals surface area contributed by atoms with Crippen LogP contribution in [0.25, 0.3) is 0 Å². The van der Waals surface area contributed by atoms with Crippen molar-refractivity contribution >= 4 is 21.9 Å². The molecule has 144 valence electrons. The lowest BCUT2D eigenvalue weighted by molar-refractivity contribution is -0.139. The Labute approximate surface area is 153 Å². The van der Waals surface area contributed by atoms with Crippen LogP contribution in [0, 0.1) is 5.92 Å². The smallest absolute Gasteiger partial charge is 0.321 e. The van der Waals surface area contributed by atoms with Gasteiger partial charge >= 0.3 is 5.97 Å². The Morgan fingerprint density at radius 3 is 2.35 bits per heavy atom. The van der Waals surface area contributed by atoms with E-state index in [2.05, 4.69) is 10.0 Å². The Morgan fingerprint density at radius 2 is 1.85 bits per heavy atom. The highest BCUT2D eigenvalue weighted by Crippen LogP contribution is 2.19. The molecular weight excluding hydrogens is 360 g/mol. The summed E-state index contributed by atoms with van der Waals surface area (Å²) in [4.78, 5) is 22.7. The number of hydrogen-bond donors (Lipinski definition) is 3. The van der Waals surface area contributed by atoms with Gasteiger partial charge in [0.25, 0.3) is 5.91 Å². The average Bonchev–Trinajstić information content (AvgIpc) is 3.36. The predicted molar refractivity (Wildman–Crippen MR) is 94.3 cm³/mol. The van der Waals surface area contributed by atoms with Crippen molar-refractivity contribution in [3.63, 3.8) is 0 Å². The first-order valence-electron chi connectivity index (χ1n) is 8.44. The molecule has 3 N–H and O–H groups in total. The summed E-state index contributed by atoms with van der Waals surface area (Å²) < 4.78 is 32.2. The van der Waals surface area contributed by atoms with Gasteiger partial charge in [0.05, 0.1) is 4.90 Å². The molecule has 8 nitrogen and oxygen atoms in total. The zero-order valence-electron chi connectivity index (χ0n) is 14.8. The zero-order chi connectivity index (χ0) is 19.3. The molecule has 0 heterocycles. The molecule has 1 amide bonds. The number of sulfonamides is 1. The van der Waals surface area contributed by atoms with Gasteiger partial charge in [0.2, 0.25) is 10.0 Å². The fourth-order valence-electron chi connectivity index (χ4n) is 2.29. The number of aliphatic carboxylic acids is 1. The molecule has 0 aliphatic heterocycles. The fraction of sp³-hybridized carbons (Fsp3) is 0.529. The van der Waals surface area contributed by atoms with Gasteiger partial charge in [-0.15, -0.1) is 0 Å². The van der Waals surface area contributed by atoms with Gasteiger partial charge in [-0.2, -0.15) is 4.72 Å². The monoisotopic (exact) mass is 384 g/mol. The lowest BCUT2D eigenvalue weighted by atomic mass is 10.1. The van der Waals surface area contributed by atoms with E-state index in [1.54, 1.807) is 0 Å². The first kappa shape index (κ1) is 20.2. The lowest BCUT2D eigenvalue weighted by Crippen LogP contribution is -2.41. The number of carboxylic acids is 1. The minimum atomic E-state index is -3.97. The third-order valence-corrected chi connectivity index (χ3v) is 5.24. The molecule has 0 unspecified atom stereocenters. The van der Waals surface area contributed by atoms with Crippen LogP contribution in [0.15, 0.2) is 29.2 Å². The maximum atomic E-state index is 12.4. The topological polar surface area (TPSA) is 122 Å². The number of ether oxygens (including phenoxy) is 1. The first-order valence-corrected chi connectivity index (χ1v) is 9.93. The van der Waals surface area contributed by atoms with E-state index in [9.17, 15) is 23.1 Å². The predicted octanol–water partition coefficient (Wildman–Crippen LogP) is 1.12. The maximum absolute atomic E-state index is 12.4. The van der Waals surface area contributed by atoms with E-state index < -0.39 is 22.0 Å². The van der Waals surface area contributed by atoms with Crippen molar-refractivity contribution in [2.24, 2.45) is 5.92 Å². The van der Waals surface area contributed by atoms with Crippen LogP contribution in [-0.2, 0) is 19.6 Å². The van der Waals surface area contributed by atoms with Gasteiger partial charge in [-0.1, -0.05) is 13.8 Å². The standard InChI is InChI=1S/C17H24N2O6S/c1-11(2)9-15(17(21)22)19-26(23,24)14-7-5-13(6-8-14)25-10-16(20)18-12-3-4-12/h5-8,11-12,15,19H,3-4,9-10H2,1-2H3,(H,18,20)(H,21,22)/t15-/m0/s1. The summed E-state index contributed by atoms with van der Waals surface area (Å²) >= 11 is 0. The number of hydrogen-bond acceptors (Lipinski definition) is 5. The van der Waals surface area contributed by atoms with Gasteiger partial charge < -0.3 is 15.2 Å². The zero-order valence-corrected chi connectivity index (χ0v) is 15.6. The molecule has 1 aromatic carbocycles. The first-order chi connectivity index (χ1) is 12.2. The summed E-state index contributed by atoms with van der Waals surface area (Å²) in [5, 5.41) is 12.0. The molecule has 9 heteroatoms. The van der Waals surface area contributed by atoms with Crippen molar-refractivity contribution in [1.29, 1.82) is 0 Å². The van der Waals surface area contributed by atoms with E-state index in [4.69, 9.17) is 4.74 Å². The van der Waals surface area contributed by atoms with Crippen LogP contribution in [0.5, 0.6) is 5.75 Å². The SMILES string of the molecule is CC(C)C[C@H](NS(=O)(=O)c1ccc(OCC(=O)NC2CC2)cc1)C(=O)O. The van der Waals surface area contributed by atoms with Crippen molar-refractivity contribution in [2.75, 3.05) is 6.61 Å². The number of benzene rings is 1. The summed E-state index contributed by atoms with van der Waals surface area (Å²) in [5.74, 6) is -1.06. The molecular formula is C17H24N2O6S. The molecule has 1 aliphatic carbocycles. The molecule has 0 bridgehead atoms. The molecule has 0 radical (unpaired) electrons. The van der Waals surface area contributed by atoms with Crippen LogP contribution in [0.2, 0.25) is 0 Å². The highest BCUT2D eigenvalue weighted by Gasteiger charge is 2.26. The molecule has 1 saturated carbocycles. The minimum absolute atomic E-state index is 0.0244. The van der Waals surface area contributed by atoms with Crippen LogP contribution in [0.1, 0.15) is 33.1 Å². The third-order valence-electron chi connectivity index (χ3n) is 3.75. The van der Waals surface area contributed by atoms with Gasteiger partial charge in [0, 0.05) is 6.04 Å². The average molecular weight is 384 g/mol. The molecule has 2 rings (SSSR count). The van der Waals surface area contributed by atoms with Crippen molar-refractivity contribution in [3.8, 4) is 5.75 Å². The lowest BCUT2D eigenvalue weighted by Gasteiger charge is -2.16. The highest BCUT2D eigenvalue weighted by atomic mass is 32.2. The maximum Gasteiger partial charge on any atom is 0.321 e. The van der Waals surface area contributed by atoms with Crippen LogP contribution >= 0.6 is 0 Å². The van der Waals surface area contributed by atoms with E-state index in [0.717, 1.165) is 12.8 Å². The summed E-state index contributed by atoms with van der Waals surface area (Å²) in [7, 11) is -3.97. The van der Waals surface area contributed by atoms with E-state index in [1.807, 2.05) is 13.8 Å². The van der Waals surface area contributed by atoms with Gasteiger partial charge in [0.1, 0.15) is 11.8 Å². The van der Waals surface area contributed by atoms with E-state index in [-0.39, 0.29) is 35.8 Å². The van der Waals surface area contributed by atoms with Gasteiger partial charge in [0.15, 0.2) is 6.61 Å². The second-order valence-corrected chi connectivity index (χ2v) is 8.46. The quantitative estimate of drug-likeness (QED) is 0.556. The van der Waals surface area contributed by atoms with Crippen molar-refractivity contribution in [3.05, 3.63) is 24.3 Å². The summed E-state index contributed by atoms with van der Waals surface area (Å²) in [6.45, 7) is 3.49. The number of amides is 1. The molecule has 0 aromatic heterocycles. The van der Waals surface area contributed by atoms with E-state index >= 15 is 0 Å². The third kappa shape index (κ3) is 6.30. The Kier molecular flexibility index (Phi) is 6.60. The van der Waals surface area contributed by atoms with Crippen molar-refractivity contribution in [2.45, 2.75) is 50.1 Å². The minimum Gasteiger partial charge on any atom is -0.484 e. The van der Waals surface area contributed by atoms with E-state index in [1.165, 1.54) is 24.3 Å². The molecule has 26 heavy (non-hydrogen) atoms. The van der Waals surface area contributed by atoms with Gasteiger partial charge in [-0.3, -0.25) is 9.59 Å². The highest BCUT2D eigenvalue weighted by molar-refractivity contribution is 7.89. The summed E-state index contributed by atoms with van der Waals surface area (Å²) in [6, 6.07) is 4.53. The van der Waals surface area contributed by atoms with Crippen LogP contribution < -0.4 is 14.8 Å². The summed E-state index contributed by atoms with van der Waals surface area (Å²) in [5.41, 5.74) is 0. The number of carbonyl (C=O) groups excluding carboxylic acids is 1. The molecule has 1 atom stereocenters. The van der Waals surface area contributed by atoms with Gasteiger partial charge in [-0.25, -0.2) is 8.42 Å². The van der Waals surface area contributed by atoms with Gasteiger partial charge in [-0.05, 0) is 49.4 Å². The van der Waals surface area contributed by atoms with Crippen LogP contribution in [-0.4, -0.2) is 44.1 Å². The number of nitrogens with one attached hydrogen (secondary N) is 2. The molecule has 1 fully saturated rings. The number of carbonyl (C=O) groups is 2. The molecule has 1 aromatic rings. The normalized spacial score (nSPS) is 15.5. The largest absolute Gasteiger partial charge is 0.484 e. The summed E-state index contributed by atoms with van der Waals surface area (Å²) in [6.07, 6.45) is 2.16. The Bertz CT molecular complexity index is 741. The Balaban J connectivity index is 1.96. The Morgan fingerprint density at radius 1 is 1.23 bits per heavy atom.